The van der Waals surface area contributed by atoms with Crippen LogP contribution in [0.1, 0.15) is 51.4 Å². The van der Waals surface area contributed by atoms with E-state index in [-0.39, 0.29) is 42.7 Å². The fraction of sp³-hybridized carbons (Fsp3) is 0.750. The van der Waals surface area contributed by atoms with Gasteiger partial charge in [-0.15, -0.1) is 0 Å². The molecule has 0 spiro atoms. The molecule has 4 heterocycles. The Balaban J connectivity index is 1.20. The second-order valence-corrected chi connectivity index (χ2v) is 10.1. The number of carbonyl (C=O) groups excluding carboxylic acids is 1. The number of carboxylic acid groups (broad SMARTS) is 1. The van der Waals surface area contributed by atoms with Gasteiger partial charge in [-0.3, -0.25) is 14.6 Å². The van der Waals surface area contributed by atoms with E-state index in [1.807, 2.05) is 13.1 Å². The summed E-state index contributed by atoms with van der Waals surface area (Å²) in [7, 11) is 1.82. The Kier molecular flexibility index (Phi) is 6.76. The first-order valence-corrected chi connectivity index (χ1v) is 12.7. The normalized spacial score (nSPS) is 29.1. The van der Waals surface area contributed by atoms with Crippen LogP contribution >= 0.6 is 0 Å². The van der Waals surface area contributed by atoms with Gasteiger partial charge in [0.25, 0.3) is 0 Å². The summed E-state index contributed by atoms with van der Waals surface area (Å²) in [6.45, 7) is 3.50. The second kappa shape index (κ2) is 9.93. The first kappa shape index (κ1) is 23.1. The zero-order valence-electron chi connectivity index (χ0n) is 19.9. The average Bonchev–Trinajstić information content (AvgIpc) is 3.20. The van der Waals surface area contributed by atoms with Crippen molar-refractivity contribution in [2.75, 3.05) is 43.4 Å². The molecular weight excluding hydrogens is 436 g/mol. The fourth-order valence-corrected chi connectivity index (χ4v) is 6.45. The number of rotatable bonds is 6. The van der Waals surface area contributed by atoms with E-state index < -0.39 is 5.97 Å². The number of carboxylic acids is 1. The summed E-state index contributed by atoms with van der Waals surface area (Å²) in [5, 5.41) is 12.1. The van der Waals surface area contributed by atoms with Crippen LogP contribution in [0.5, 0.6) is 0 Å². The van der Waals surface area contributed by atoms with E-state index >= 15 is 0 Å². The molecule has 1 saturated carbocycles. The van der Waals surface area contributed by atoms with Crippen molar-refractivity contribution in [3.8, 4) is 0 Å². The smallest absolute Gasteiger partial charge is 0.410 e. The van der Waals surface area contributed by atoms with Gasteiger partial charge in [-0.05, 0) is 70.0 Å². The van der Waals surface area contributed by atoms with Crippen molar-refractivity contribution in [2.24, 2.45) is 5.92 Å². The van der Waals surface area contributed by atoms with Gasteiger partial charge in [0.2, 0.25) is 5.95 Å². The molecule has 10 heteroatoms. The summed E-state index contributed by atoms with van der Waals surface area (Å²) in [6, 6.07) is 2.53. The number of amides is 1. The molecule has 2 N–H and O–H groups in total. The number of nitrogens with zero attached hydrogens (tertiary/aromatic N) is 5. The minimum atomic E-state index is -0.704. The summed E-state index contributed by atoms with van der Waals surface area (Å²) in [5.74, 6) is 1.10. The zero-order chi connectivity index (χ0) is 23.7. The van der Waals surface area contributed by atoms with Crippen LogP contribution in [0.2, 0.25) is 0 Å². The number of ether oxygens (including phenoxy) is 1. The lowest BCUT2D eigenvalue weighted by Gasteiger charge is -2.45. The van der Waals surface area contributed by atoms with Gasteiger partial charge in [0.15, 0.2) is 0 Å². The van der Waals surface area contributed by atoms with Crippen molar-refractivity contribution < 1.29 is 19.4 Å². The summed E-state index contributed by atoms with van der Waals surface area (Å²) in [6.07, 6.45) is 8.59. The third-order valence-corrected chi connectivity index (χ3v) is 8.19. The molecule has 0 bridgehead atoms. The van der Waals surface area contributed by atoms with Crippen molar-refractivity contribution in [3.63, 3.8) is 0 Å². The lowest BCUT2D eigenvalue weighted by Crippen LogP contribution is -2.56. The molecule has 4 aliphatic rings. The number of likely N-dealkylation sites (tertiary alicyclic amines) is 1. The number of aliphatic carboxylic acids is 1. The molecule has 3 atom stereocenters. The van der Waals surface area contributed by atoms with E-state index in [1.165, 1.54) is 0 Å². The maximum atomic E-state index is 13.1. The Hall–Kier alpha value is -2.62. The molecule has 0 radical (unpaired) electrons. The van der Waals surface area contributed by atoms with Crippen LogP contribution in [-0.2, 0) is 9.53 Å². The van der Waals surface area contributed by atoms with Gasteiger partial charge in [-0.1, -0.05) is 0 Å². The van der Waals surface area contributed by atoms with Gasteiger partial charge in [-0.2, -0.15) is 4.98 Å². The van der Waals surface area contributed by atoms with E-state index in [9.17, 15) is 9.59 Å². The third-order valence-electron chi connectivity index (χ3n) is 8.19. The van der Waals surface area contributed by atoms with Gasteiger partial charge in [-0.25, -0.2) is 9.78 Å². The molecule has 3 unspecified atom stereocenters. The monoisotopic (exact) mass is 472 g/mol. The predicted molar refractivity (Wildman–Crippen MR) is 127 cm³/mol. The van der Waals surface area contributed by atoms with Crippen LogP contribution in [0.3, 0.4) is 0 Å². The number of piperidine rings is 2. The summed E-state index contributed by atoms with van der Waals surface area (Å²) < 4.78 is 6.04. The molecule has 1 aliphatic carbocycles. The highest BCUT2D eigenvalue weighted by molar-refractivity contribution is 5.71. The minimum Gasteiger partial charge on any atom is -0.481 e. The minimum absolute atomic E-state index is 0.0737. The number of carbonyl (C=O) groups is 2. The molecule has 34 heavy (non-hydrogen) atoms. The largest absolute Gasteiger partial charge is 0.481 e. The van der Waals surface area contributed by atoms with Crippen LogP contribution < -0.4 is 10.2 Å². The number of nitrogens with one attached hydrogen (secondary N) is 1. The van der Waals surface area contributed by atoms with Gasteiger partial charge in [0.05, 0.1) is 6.04 Å². The Morgan fingerprint density at radius 1 is 1.12 bits per heavy atom. The number of fused-ring (bicyclic) bond motifs is 1. The van der Waals surface area contributed by atoms with Crippen molar-refractivity contribution in [2.45, 2.75) is 75.6 Å². The molecule has 10 nitrogen and oxygen atoms in total. The van der Waals surface area contributed by atoms with Crippen molar-refractivity contribution in [3.05, 3.63) is 12.3 Å². The topological polar surface area (TPSA) is 111 Å². The van der Waals surface area contributed by atoms with Crippen molar-refractivity contribution in [1.29, 1.82) is 0 Å². The van der Waals surface area contributed by atoms with Gasteiger partial charge in [0, 0.05) is 44.8 Å². The number of anilines is 2. The predicted octanol–water partition coefficient (Wildman–Crippen LogP) is 2.42. The maximum absolute atomic E-state index is 13.1. The standard InChI is InChI=1S/C24H36N6O4/c1-25-23-26-10-5-20(27-23)29-13-8-17(9-14-29)30-19-4-2-3-18(22(19)34-24(30)33)28-11-6-16(7-12-28)15-21(31)32/h5,10,16-19,22H,2-4,6-9,11-15H2,1H3,(H,31,32)(H,25,26,27). The SMILES string of the molecule is CNc1nccc(N2CCC(N3C(=O)OC4C(N5CCC(CC(=O)O)CC5)CCCC43)CC2)n1. The second-order valence-electron chi connectivity index (χ2n) is 10.1. The highest BCUT2D eigenvalue weighted by Gasteiger charge is 2.51. The molecule has 1 amide bonds. The third kappa shape index (κ3) is 4.64. The molecule has 1 aromatic rings. The van der Waals surface area contributed by atoms with Gasteiger partial charge < -0.3 is 20.1 Å². The van der Waals surface area contributed by atoms with Gasteiger partial charge in [0.1, 0.15) is 11.9 Å². The quantitative estimate of drug-likeness (QED) is 0.645. The fourth-order valence-electron chi connectivity index (χ4n) is 6.45. The summed E-state index contributed by atoms with van der Waals surface area (Å²) in [4.78, 5) is 39.7. The number of hydrogen-bond donors (Lipinski definition) is 2. The van der Waals surface area contributed by atoms with Crippen molar-refractivity contribution >= 4 is 23.8 Å². The van der Waals surface area contributed by atoms with E-state index in [0.29, 0.717) is 5.95 Å². The Labute approximate surface area is 200 Å². The highest BCUT2D eigenvalue weighted by Crippen LogP contribution is 2.39. The van der Waals surface area contributed by atoms with Crippen LogP contribution in [0, 0.1) is 5.92 Å². The average molecular weight is 473 g/mol. The molecule has 0 aromatic carbocycles. The van der Waals surface area contributed by atoms with Crippen LogP contribution in [0.15, 0.2) is 12.3 Å². The highest BCUT2D eigenvalue weighted by atomic mass is 16.6. The number of aromatic nitrogens is 2. The Bertz CT molecular complexity index is 884. The van der Waals surface area contributed by atoms with Crippen LogP contribution in [0.25, 0.3) is 0 Å². The van der Waals surface area contributed by atoms with E-state index in [0.717, 1.165) is 76.9 Å². The zero-order valence-corrected chi connectivity index (χ0v) is 19.9. The lowest BCUT2D eigenvalue weighted by atomic mass is 9.84. The molecular formula is C24H36N6O4. The van der Waals surface area contributed by atoms with Gasteiger partial charge >= 0.3 is 12.1 Å². The molecule has 5 rings (SSSR count). The molecule has 1 aromatic heterocycles. The first-order chi connectivity index (χ1) is 16.5. The van der Waals surface area contributed by atoms with Crippen LogP contribution in [0.4, 0.5) is 16.6 Å². The molecule has 4 fully saturated rings. The Morgan fingerprint density at radius 3 is 2.56 bits per heavy atom. The molecule has 186 valence electrons. The molecule has 3 aliphatic heterocycles. The number of hydrogen-bond acceptors (Lipinski definition) is 8. The van der Waals surface area contributed by atoms with E-state index in [2.05, 4.69) is 30.0 Å². The van der Waals surface area contributed by atoms with Crippen LogP contribution in [-0.4, -0.2) is 94.4 Å². The lowest BCUT2D eigenvalue weighted by molar-refractivity contribution is -0.138. The maximum Gasteiger partial charge on any atom is 0.410 e. The van der Waals surface area contributed by atoms with E-state index in [1.54, 1.807) is 6.20 Å². The molecule has 3 saturated heterocycles. The Morgan fingerprint density at radius 2 is 1.85 bits per heavy atom. The summed E-state index contributed by atoms with van der Waals surface area (Å²) in [5.41, 5.74) is 0. The van der Waals surface area contributed by atoms with Crippen molar-refractivity contribution in [1.82, 2.24) is 19.8 Å². The summed E-state index contributed by atoms with van der Waals surface area (Å²) >= 11 is 0. The first-order valence-electron chi connectivity index (χ1n) is 12.7. The van der Waals surface area contributed by atoms with E-state index in [4.69, 9.17) is 9.84 Å².